The molecule has 2 heterocycles. The highest BCUT2D eigenvalue weighted by Crippen LogP contribution is 2.33. The fourth-order valence-corrected chi connectivity index (χ4v) is 5.58. The number of thioether (sulfide) groups is 1. The van der Waals surface area contributed by atoms with Crippen LogP contribution in [0.1, 0.15) is 55.2 Å². The molecule has 1 saturated carbocycles. The van der Waals surface area contributed by atoms with Crippen LogP contribution in [-0.4, -0.2) is 46.3 Å². The highest BCUT2D eigenvalue weighted by Gasteiger charge is 2.32. The molecule has 5 nitrogen and oxygen atoms in total. The standard InChI is InChI=1S/C24H29F4N3O2S/c25-13-17-12-18(24(26,27)28)6-5-16(17)14-31-9-7-15(8-10-31)11-21-22(30-23(33)34-21)29-19-3-1-2-4-20(19)32/h5-6,11-12,15,19-20,32H,1-4,7-10,13-14H2,(H,29,30,33)/b21-11-/t19-,20+/m0/s1. The van der Waals surface area contributed by atoms with Crippen molar-refractivity contribution in [3.63, 3.8) is 0 Å². The van der Waals surface area contributed by atoms with E-state index in [0.29, 0.717) is 17.9 Å². The van der Waals surface area contributed by atoms with Crippen LogP contribution in [0, 0.1) is 5.92 Å². The normalized spacial score (nSPS) is 26.2. The first kappa shape index (κ1) is 25.2. The summed E-state index contributed by atoms with van der Waals surface area (Å²) in [6, 6.07) is 3.19. The van der Waals surface area contributed by atoms with E-state index in [4.69, 9.17) is 0 Å². The van der Waals surface area contributed by atoms with Crippen LogP contribution in [0.3, 0.4) is 0 Å². The van der Waals surface area contributed by atoms with Gasteiger partial charge in [-0.2, -0.15) is 18.2 Å². The highest BCUT2D eigenvalue weighted by atomic mass is 32.2. The van der Waals surface area contributed by atoms with Crippen molar-refractivity contribution in [1.29, 1.82) is 0 Å². The van der Waals surface area contributed by atoms with Crippen molar-refractivity contribution in [1.82, 2.24) is 10.2 Å². The Morgan fingerprint density at radius 1 is 1.15 bits per heavy atom. The monoisotopic (exact) mass is 499 g/mol. The Kier molecular flexibility index (Phi) is 7.99. The summed E-state index contributed by atoms with van der Waals surface area (Å²) in [6.07, 6.45) is 2.40. The van der Waals surface area contributed by atoms with Crippen molar-refractivity contribution in [3.05, 3.63) is 45.9 Å². The molecule has 2 atom stereocenters. The summed E-state index contributed by atoms with van der Waals surface area (Å²) in [6.45, 7) is 0.918. The fourth-order valence-electron chi connectivity index (χ4n) is 4.80. The molecule has 0 radical (unpaired) electrons. The van der Waals surface area contributed by atoms with E-state index in [-0.39, 0.29) is 22.8 Å². The molecule has 2 fully saturated rings. The SMILES string of the molecule is O=C1N=C(N[C@H]2CCCC[C@H]2O)/C(=C/C2CCN(Cc3ccc(C(F)(F)F)cc3CF)CC2)S1. The molecule has 10 heteroatoms. The minimum Gasteiger partial charge on any atom is -0.391 e. The first-order chi connectivity index (χ1) is 16.2. The number of hydrogen-bond acceptors (Lipinski definition) is 5. The molecule has 186 valence electrons. The molecule has 0 unspecified atom stereocenters. The predicted molar refractivity (Wildman–Crippen MR) is 124 cm³/mol. The summed E-state index contributed by atoms with van der Waals surface area (Å²) >= 11 is 1.10. The summed E-state index contributed by atoms with van der Waals surface area (Å²) in [5.41, 5.74) is -0.171. The zero-order valence-corrected chi connectivity index (χ0v) is 19.6. The van der Waals surface area contributed by atoms with Crippen LogP contribution in [0.5, 0.6) is 0 Å². The molecule has 1 saturated heterocycles. The van der Waals surface area contributed by atoms with Gasteiger partial charge in [0.25, 0.3) is 0 Å². The number of carbonyl (C=O) groups excluding carboxylic acids is 1. The number of carbonyl (C=O) groups is 1. The third-order valence-corrected chi connectivity index (χ3v) is 7.59. The average molecular weight is 500 g/mol. The number of aliphatic imine (C=N–C) groups is 1. The Labute approximate surface area is 200 Å². The third kappa shape index (κ3) is 6.20. The van der Waals surface area contributed by atoms with Gasteiger partial charge in [0, 0.05) is 6.54 Å². The van der Waals surface area contributed by atoms with E-state index < -0.39 is 24.5 Å². The summed E-state index contributed by atoms with van der Waals surface area (Å²) in [4.78, 5) is 19.0. The van der Waals surface area contributed by atoms with Crippen molar-refractivity contribution in [2.45, 2.75) is 70.1 Å². The van der Waals surface area contributed by atoms with E-state index >= 15 is 0 Å². The number of nitrogens with zero attached hydrogens (tertiary/aromatic N) is 2. The number of aliphatic hydroxyl groups is 1. The number of likely N-dealkylation sites (tertiary alicyclic amines) is 1. The van der Waals surface area contributed by atoms with Crippen molar-refractivity contribution in [2.75, 3.05) is 13.1 Å². The zero-order valence-electron chi connectivity index (χ0n) is 18.8. The molecule has 1 aromatic carbocycles. The molecule has 1 aromatic rings. The number of allylic oxidation sites excluding steroid dienone is 1. The van der Waals surface area contributed by atoms with Gasteiger partial charge in [0.05, 0.1) is 22.6 Å². The van der Waals surface area contributed by atoms with Gasteiger partial charge in [-0.25, -0.2) is 4.39 Å². The predicted octanol–water partition coefficient (Wildman–Crippen LogP) is 5.43. The van der Waals surface area contributed by atoms with Gasteiger partial charge < -0.3 is 10.4 Å². The number of aliphatic hydroxyl groups excluding tert-OH is 1. The molecule has 3 aliphatic rings. The number of nitrogens with one attached hydrogen (secondary N) is 1. The van der Waals surface area contributed by atoms with E-state index in [1.54, 1.807) is 0 Å². The van der Waals surface area contributed by atoms with E-state index in [1.165, 1.54) is 6.07 Å². The molecule has 1 aliphatic carbocycles. The number of alkyl halides is 4. The Hall–Kier alpha value is -1.91. The molecular weight excluding hydrogens is 470 g/mol. The van der Waals surface area contributed by atoms with Crippen LogP contribution in [0.25, 0.3) is 0 Å². The molecule has 4 rings (SSSR count). The maximum Gasteiger partial charge on any atom is 0.416 e. The number of amidine groups is 1. The quantitative estimate of drug-likeness (QED) is 0.529. The maximum atomic E-state index is 13.4. The van der Waals surface area contributed by atoms with Gasteiger partial charge in [0.2, 0.25) is 0 Å². The second-order valence-corrected chi connectivity index (χ2v) is 10.2. The zero-order chi connectivity index (χ0) is 24.3. The number of rotatable bonds is 5. The minimum absolute atomic E-state index is 0.0803. The first-order valence-corrected chi connectivity index (χ1v) is 12.5. The van der Waals surface area contributed by atoms with Crippen LogP contribution in [-0.2, 0) is 19.4 Å². The number of piperidine rings is 1. The lowest BCUT2D eigenvalue weighted by molar-refractivity contribution is -0.137. The summed E-state index contributed by atoms with van der Waals surface area (Å²) in [5.74, 6) is 0.780. The molecule has 0 aromatic heterocycles. The summed E-state index contributed by atoms with van der Waals surface area (Å²) in [7, 11) is 0. The lowest BCUT2D eigenvalue weighted by atomic mass is 9.92. The first-order valence-electron chi connectivity index (χ1n) is 11.7. The number of halogens is 4. The van der Waals surface area contributed by atoms with Crippen LogP contribution in [0.4, 0.5) is 22.4 Å². The minimum atomic E-state index is -4.49. The van der Waals surface area contributed by atoms with Gasteiger partial charge >= 0.3 is 11.4 Å². The molecule has 0 spiro atoms. The molecule has 2 aliphatic heterocycles. The van der Waals surface area contributed by atoms with E-state index in [0.717, 1.165) is 80.4 Å². The molecule has 1 amide bonds. The van der Waals surface area contributed by atoms with E-state index in [2.05, 4.69) is 21.3 Å². The van der Waals surface area contributed by atoms with Gasteiger partial charge in [0.1, 0.15) is 12.5 Å². The fraction of sp³-hybridized carbons (Fsp3) is 0.583. The molecule has 0 bridgehead atoms. The van der Waals surface area contributed by atoms with Gasteiger partial charge in [-0.3, -0.25) is 9.69 Å². The van der Waals surface area contributed by atoms with Crippen LogP contribution in [0.2, 0.25) is 0 Å². The van der Waals surface area contributed by atoms with Gasteiger partial charge in [-0.1, -0.05) is 25.0 Å². The van der Waals surface area contributed by atoms with E-state index in [9.17, 15) is 27.5 Å². The number of benzene rings is 1. The highest BCUT2D eigenvalue weighted by molar-refractivity contribution is 8.18. The van der Waals surface area contributed by atoms with Crippen molar-refractivity contribution in [2.24, 2.45) is 10.9 Å². The molecular formula is C24H29F4N3O2S. The van der Waals surface area contributed by atoms with Crippen LogP contribution in [0.15, 0.2) is 34.2 Å². The van der Waals surface area contributed by atoms with Crippen molar-refractivity contribution < 1.29 is 27.5 Å². The Balaban J connectivity index is 1.34. The molecule has 2 N–H and O–H groups in total. The molecule has 34 heavy (non-hydrogen) atoms. The smallest absolute Gasteiger partial charge is 0.391 e. The topological polar surface area (TPSA) is 64.9 Å². The Morgan fingerprint density at radius 2 is 1.88 bits per heavy atom. The van der Waals surface area contributed by atoms with Gasteiger partial charge in [-0.15, -0.1) is 0 Å². The van der Waals surface area contributed by atoms with Gasteiger partial charge in [-0.05, 0) is 79.7 Å². The number of amides is 1. The summed E-state index contributed by atoms with van der Waals surface area (Å²) < 4.78 is 52.2. The van der Waals surface area contributed by atoms with Gasteiger partial charge in [0.15, 0.2) is 0 Å². The largest absolute Gasteiger partial charge is 0.416 e. The van der Waals surface area contributed by atoms with E-state index in [1.807, 2.05) is 0 Å². The lowest BCUT2D eigenvalue weighted by Crippen LogP contribution is -2.45. The second kappa shape index (κ2) is 10.8. The van der Waals surface area contributed by atoms with Crippen molar-refractivity contribution >= 4 is 22.8 Å². The summed E-state index contributed by atoms with van der Waals surface area (Å²) in [5, 5.41) is 13.2. The Bertz CT molecular complexity index is 958. The number of hydrogen-bond donors (Lipinski definition) is 2. The van der Waals surface area contributed by atoms with Crippen molar-refractivity contribution in [3.8, 4) is 0 Å². The van der Waals surface area contributed by atoms with Crippen LogP contribution < -0.4 is 5.32 Å². The maximum absolute atomic E-state index is 13.4. The average Bonchev–Trinajstić information content (AvgIpc) is 3.14. The third-order valence-electron chi connectivity index (χ3n) is 6.78. The second-order valence-electron chi connectivity index (χ2n) is 9.19. The lowest BCUT2D eigenvalue weighted by Gasteiger charge is -2.32. The Morgan fingerprint density at radius 3 is 2.56 bits per heavy atom. The van der Waals surface area contributed by atoms with Crippen LogP contribution >= 0.6 is 11.8 Å².